The molecule has 0 saturated carbocycles. The van der Waals surface area contributed by atoms with Crippen LogP contribution in [0.2, 0.25) is 10.0 Å². The summed E-state index contributed by atoms with van der Waals surface area (Å²) >= 11 is 17.0. The van der Waals surface area contributed by atoms with Crippen LogP contribution in [0, 0.1) is 4.77 Å². The number of hydrogen-bond acceptors (Lipinski definition) is 4. The Bertz CT molecular complexity index is 865. The van der Waals surface area contributed by atoms with Crippen LogP contribution in [0.25, 0.3) is 11.3 Å². The van der Waals surface area contributed by atoms with Crippen LogP contribution in [-0.4, -0.2) is 21.1 Å². The number of benzene rings is 1. The summed E-state index contributed by atoms with van der Waals surface area (Å²) in [6, 6.07) is 8.82. The first kappa shape index (κ1) is 14.1. The van der Waals surface area contributed by atoms with Gasteiger partial charge in [0.15, 0.2) is 0 Å². The summed E-state index contributed by atoms with van der Waals surface area (Å²) < 4.78 is 7.50. The van der Waals surface area contributed by atoms with Crippen molar-refractivity contribution in [3.05, 3.63) is 57.2 Å². The van der Waals surface area contributed by atoms with Crippen molar-refractivity contribution in [1.29, 1.82) is 0 Å². The van der Waals surface area contributed by atoms with E-state index in [0.717, 1.165) is 5.56 Å². The van der Waals surface area contributed by atoms with Gasteiger partial charge in [-0.2, -0.15) is 14.9 Å². The Hall–Kier alpha value is -1.89. The van der Waals surface area contributed by atoms with E-state index in [1.807, 2.05) is 6.07 Å². The highest BCUT2D eigenvalue weighted by Gasteiger charge is 2.08. The van der Waals surface area contributed by atoms with Crippen molar-refractivity contribution < 1.29 is 4.42 Å². The molecule has 0 aliphatic rings. The van der Waals surface area contributed by atoms with Gasteiger partial charge in [0.2, 0.25) is 4.77 Å². The lowest BCUT2D eigenvalue weighted by atomic mass is 10.2. The van der Waals surface area contributed by atoms with Gasteiger partial charge < -0.3 is 4.42 Å². The first-order valence-electron chi connectivity index (χ1n) is 5.85. The summed E-state index contributed by atoms with van der Waals surface area (Å²) in [7, 11) is 0. The molecule has 0 aliphatic heterocycles. The summed E-state index contributed by atoms with van der Waals surface area (Å²) in [6.45, 7) is 0. The summed E-state index contributed by atoms with van der Waals surface area (Å²) in [4.78, 5) is 0. The van der Waals surface area contributed by atoms with Crippen LogP contribution >= 0.6 is 35.4 Å². The number of nitrogens with zero attached hydrogens (tertiary/aromatic N) is 3. The van der Waals surface area contributed by atoms with Crippen molar-refractivity contribution in [2.24, 2.45) is 5.10 Å². The summed E-state index contributed by atoms with van der Waals surface area (Å²) in [5, 5.41) is 11.6. The zero-order valence-corrected chi connectivity index (χ0v) is 12.8. The molecule has 1 N–H and O–H groups in total. The van der Waals surface area contributed by atoms with Gasteiger partial charge >= 0.3 is 0 Å². The van der Waals surface area contributed by atoms with E-state index < -0.39 is 0 Å². The summed E-state index contributed by atoms with van der Waals surface area (Å²) in [5.41, 5.74) is 0.764. The molecule has 0 bridgehead atoms. The number of aromatic amines is 1. The van der Waals surface area contributed by atoms with Gasteiger partial charge in [0.05, 0.1) is 11.2 Å². The highest BCUT2D eigenvalue weighted by molar-refractivity contribution is 7.71. The van der Waals surface area contributed by atoms with Crippen molar-refractivity contribution >= 4 is 41.6 Å². The number of rotatable bonds is 3. The second kappa shape index (κ2) is 5.85. The van der Waals surface area contributed by atoms with E-state index in [0.29, 0.717) is 26.3 Å². The van der Waals surface area contributed by atoms with Gasteiger partial charge in [-0.1, -0.05) is 23.2 Å². The molecule has 3 aromatic rings. The van der Waals surface area contributed by atoms with Gasteiger partial charge in [-0.25, -0.2) is 0 Å². The number of aromatic nitrogens is 3. The SMILES string of the molecule is S=c1[nH]ncn1/N=C/c1ccc(-c2ccc(Cl)cc2Cl)o1. The van der Waals surface area contributed by atoms with E-state index >= 15 is 0 Å². The van der Waals surface area contributed by atoms with Gasteiger partial charge in [0, 0.05) is 10.6 Å². The van der Waals surface area contributed by atoms with Crippen LogP contribution in [0.1, 0.15) is 5.76 Å². The monoisotopic (exact) mass is 338 g/mol. The Balaban J connectivity index is 1.88. The largest absolute Gasteiger partial charge is 0.455 e. The van der Waals surface area contributed by atoms with E-state index in [-0.39, 0.29) is 0 Å². The Morgan fingerprint density at radius 2 is 2.14 bits per heavy atom. The lowest BCUT2D eigenvalue weighted by Gasteiger charge is -2.00. The number of H-pyrrole nitrogens is 1. The topological polar surface area (TPSA) is 59.1 Å². The maximum atomic E-state index is 6.14. The van der Waals surface area contributed by atoms with Crippen molar-refractivity contribution in [1.82, 2.24) is 14.9 Å². The van der Waals surface area contributed by atoms with Crippen LogP contribution in [0.4, 0.5) is 0 Å². The standard InChI is InChI=1S/C13H8Cl2N4OS/c14-8-1-3-10(11(15)5-8)12-4-2-9(20-12)6-17-19-7-16-18-13(19)21/h1-7H,(H,18,21)/b17-6+. The normalized spacial score (nSPS) is 11.3. The molecule has 21 heavy (non-hydrogen) atoms. The molecule has 0 fully saturated rings. The third-order valence-corrected chi connectivity index (χ3v) is 3.49. The molecular formula is C13H8Cl2N4OS. The minimum Gasteiger partial charge on any atom is -0.455 e. The Labute approximate surface area is 134 Å². The fourth-order valence-electron chi connectivity index (χ4n) is 1.70. The van der Waals surface area contributed by atoms with E-state index in [4.69, 9.17) is 39.8 Å². The quantitative estimate of drug-likeness (QED) is 0.569. The molecule has 5 nitrogen and oxygen atoms in total. The highest BCUT2D eigenvalue weighted by Crippen LogP contribution is 2.31. The molecule has 0 atom stereocenters. The number of halogens is 2. The fourth-order valence-corrected chi connectivity index (χ4v) is 2.35. The highest BCUT2D eigenvalue weighted by atomic mass is 35.5. The molecular weight excluding hydrogens is 331 g/mol. The maximum absolute atomic E-state index is 6.14. The van der Waals surface area contributed by atoms with Crippen LogP contribution in [0.15, 0.2) is 46.2 Å². The second-order valence-corrected chi connectivity index (χ2v) is 5.31. The van der Waals surface area contributed by atoms with Crippen LogP contribution in [-0.2, 0) is 0 Å². The smallest absolute Gasteiger partial charge is 0.216 e. The molecule has 8 heteroatoms. The minimum absolute atomic E-state index is 0.402. The fraction of sp³-hybridized carbons (Fsp3) is 0. The number of furan rings is 1. The third-order valence-electron chi connectivity index (χ3n) is 2.67. The van der Waals surface area contributed by atoms with E-state index in [1.165, 1.54) is 11.0 Å². The maximum Gasteiger partial charge on any atom is 0.216 e. The number of nitrogens with one attached hydrogen (secondary N) is 1. The van der Waals surface area contributed by atoms with Gasteiger partial charge in [0.1, 0.15) is 17.8 Å². The lowest BCUT2D eigenvalue weighted by molar-refractivity contribution is 0.574. The molecule has 0 radical (unpaired) electrons. The molecule has 0 aliphatic carbocycles. The molecule has 2 aromatic heterocycles. The Kier molecular flexibility index (Phi) is 3.92. The van der Waals surface area contributed by atoms with Gasteiger partial charge in [-0.3, -0.25) is 5.10 Å². The van der Waals surface area contributed by atoms with E-state index in [9.17, 15) is 0 Å². The lowest BCUT2D eigenvalue weighted by Crippen LogP contribution is -1.87. The molecule has 2 heterocycles. The first-order chi connectivity index (χ1) is 10.1. The predicted octanol–water partition coefficient (Wildman–Crippen LogP) is 4.39. The van der Waals surface area contributed by atoms with Crippen molar-refractivity contribution in [3.63, 3.8) is 0 Å². The number of hydrogen-bond donors (Lipinski definition) is 1. The average molecular weight is 339 g/mol. The summed E-state index contributed by atoms with van der Waals surface area (Å²) in [5.74, 6) is 1.20. The predicted molar refractivity (Wildman–Crippen MR) is 84.6 cm³/mol. The first-order valence-corrected chi connectivity index (χ1v) is 7.01. The molecule has 106 valence electrons. The third kappa shape index (κ3) is 3.07. The zero-order valence-electron chi connectivity index (χ0n) is 10.5. The summed E-state index contributed by atoms with van der Waals surface area (Å²) in [6.07, 6.45) is 3.01. The van der Waals surface area contributed by atoms with Crippen molar-refractivity contribution in [2.45, 2.75) is 0 Å². The molecule has 3 rings (SSSR count). The van der Waals surface area contributed by atoms with Crippen LogP contribution in [0.5, 0.6) is 0 Å². The molecule has 1 aromatic carbocycles. The van der Waals surface area contributed by atoms with E-state index in [1.54, 1.807) is 30.5 Å². The van der Waals surface area contributed by atoms with Gasteiger partial charge in [0.25, 0.3) is 0 Å². The van der Waals surface area contributed by atoms with Crippen LogP contribution in [0.3, 0.4) is 0 Å². The molecule has 0 spiro atoms. The van der Waals surface area contributed by atoms with Crippen LogP contribution < -0.4 is 0 Å². The Morgan fingerprint density at radius 3 is 2.86 bits per heavy atom. The molecule has 0 amide bonds. The van der Waals surface area contributed by atoms with Gasteiger partial charge in [-0.05, 0) is 42.5 Å². The second-order valence-electron chi connectivity index (χ2n) is 4.08. The zero-order chi connectivity index (χ0) is 14.8. The Morgan fingerprint density at radius 1 is 1.29 bits per heavy atom. The molecule has 0 saturated heterocycles. The van der Waals surface area contributed by atoms with Crippen molar-refractivity contribution in [2.75, 3.05) is 0 Å². The average Bonchev–Trinajstić information content (AvgIpc) is 3.05. The molecule has 0 unspecified atom stereocenters. The van der Waals surface area contributed by atoms with E-state index in [2.05, 4.69) is 15.3 Å². The minimum atomic E-state index is 0.402. The van der Waals surface area contributed by atoms with Gasteiger partial charge in [-0.15, -0.1) is 0 Å². The van der Waals surface area contributed by atoms with Crippen molar-refractivity contribution in [3.8, 4) is 11.3 Å².